The number of anilines is 1. The summed E-state index contributed by atoms with van der Waals surface area (Å²) in [5.74, 6) is 1.49. The van der Waals surface area contributed by atoms with Crippen LogP contribution in [0.4, 0.5) is 5.00 Å². The molecule has 2 aromatic heterocycles. The number of nitriles is 1. The highest BCUT2D eigenvalue weighted by atomic mass is 32.2. The highest BCUT2D eigenvalue weighted by molar-refractivity contribution is 7.99. The fraction of sp³-hybridized carbons (Fsp3) is 0.364. The number of ether oxygens (including phenoxy) is 3. The van der Waals surface area contributed by atoms with Crippen LogP contribution in [0.2, 0.25) is 0 Å². The van der Waals surface area contributed by atoms with E-state index < -0.39 is 0 Å². The number of carbonyl (C=O) groups is 1. The topological polar surface area (TPSA) is 120 Å². The summed E-state index contributed by atoms with van der Waals surface area (Å²) < 4.78 is 21.8. The lowest BCUT2D eigenvalue weighted by atomic mass is 9.96. The van der Waals surface area contributed by atoms with Crippen molar-refractivity contribution in [1.82, 2.24) is 10.2 Å². The number of nitrogens with one attached hydrogen (secondary N) is 1. The maximum absolute atomic E-state index is 12.5. The van der Waals surface area contributed by atoms with E-state index in [2.05, 4.69) is 21.6 Å². The Morgan fingerprint density at radius 3 is 2.58 bits per heavy atom. The molecule has 0 aliphatic heterocycles. The van der Waals surface area contributed by atoms with E-state index >= 15 is 0 Å². The summed E-state index contributed by atoms with van der Waals surface area (Å²) >= 11 is 2.62. The summed E-state index contributed by atoms with van der Waals surface area (Å²) in [6.07, 6.45) is 4.05. The summed E-state index contributed by atoms with van der Waals surface area (Å²) in [5.41, 5.74) is 2.27. The van der Waals surface area contributed by atoms with Crippen molar-refractivity contribution in [2.24, 2.45) is 0 Å². The number of thiophene rings is 1. The minimum absolute atomic E-state index is 0.0737. The van der Waals surface area contributed by atoms with Crippen LogP contribution in [0.25, 0.3) is 11.5 Å². The van der Waals surface area contributed by atoms with Gasteiger partial charge in [0.15, 0.2) is 11.5 Å². The van der Waals surface area contributed by atoms with E-state index in [-0.39, 0.29) is 22.8 Å². The Morgan fingerprint density at radius 2 is 1.91 bits per heavy atom. The summed E-state index contributed by atoms with van der Waals surface area (Å²) in [4.78, 5) is 13.7. The van der Waals surface area contributed by atoms with Gasteiger partial charge in [0.05, 0.1) is 32.6 Å². The van der Waals surface area contributed by atoms with Crippen LogP contribution in [0, 0.1) is 11.3 Å². The van der Waals surface area contributed by atoms with Crippen LogP contribution in [0.3, 0.4) is 0 Å². The van der Waals surface area contributed by atoms with Crippen molar-refractivity contribution in [2.45, 2.75) is 30.9 Å². The van der Waals surface area contributed by atoms with Gasteiger partial charge in [0, 0.05) is 10.4 Å². The molecule has 1 aliphatic rings. The number of thioether (sulfide) groups is 1. The molecule has 1 amide bonds. The molecule has 0 radical (unpaired) electrons. The first kappa shape index (κ1) is 22.9. The molecule has 0 saturated carbocycles. The quantitative estimate of drug-likeness (QED) is 0.465. The Balaban J connectivity index is 1.43. The predicted octanol–water partition coefficient (Wildman–Crippen LogP) is 4.31. The first-order valence-corrected chi connectivity index (χ1v) is 12.0. The SMILES string of the molecule is COc1cc(-c2nnc(SCC(=O)Nc3sc4c(c3C#N)CCCC4)o2)cc(OC)c1OC. The van der Waals surface area contributed by atoms with Gasteiger partial charge in [0.25, 0.3) is 5.22 Å². The minimum atomic E-state index is -0.234. The van der Waals surface area contributed by atoms with Crippen molar-refractivity contribution in [3.63, 3.8) is 0 Å². The van der Waals surface area contributed by atoms with Crippen LogP contribution < -0.4 is 19.5 Å². The summed E-state index contributed by atoms with van der Waals surface area (Å²) in [5, 5.41) is 21.4. The molecule has 2 heterocycles. The zero-order valence-electron chi connectivity index (χ0n) is 18.4. The molecule has 0 spiro atoms. The number of rotatable bonds is 8. The molecule has 172 valence electrons. The standard InChI is InChI=1S/C22H22N4O5S2/c1-28-15-8-12(9-16(29-2)19(15)30-3)20-25-26-22(31-20)32-11-18(27)24-21-14(10-23)13-6-4-5-7-17(13)33-21/h8-9H,4-7,11H2,1-3H3,(H,24,27). The molecule has 1 aromatic carbocycles. The molecule has 0 saturated heterocycles. The number of aromatic nitrogens is 2. The molecule has 0 unspecified atom stereocenters. The lowest BCUT2D eigenvalue weighted by molar-refractivity contribution is -0.113. The first-order valence-electron chi connectivity index (χ1n) is 10.2. The zero-order valence-corrected chi connectivity index (χ0v) is 20.0. The molecule has 0 bridgehead atoms. The maximum atomic E-state index is 12.5. The summed E-state index contributed by atoms with van der Waals surface area (Å²) in [6.45, 7) is 0. The van der Waals surface area contributed by atoms with E-state index in [1.807, 2.05) is 0 Å². The largest absolute Gasteiger partial charge is 0.493 e. The third-order valence-electron chi connectivity index (χ3n) is 5.18. The van der Waals surface area contributed by atoms with Crippen LogP contribution >= 0.6 is 23.1 Å². The second-order valence-corrected chi connectivity index (χ2v) is 9.18. The van der Waals surface area contributed by atoms with Gasteiger partial charge in [-0.05, 0) is 43.4 Å². The fourth-order valence-corrected chi connectivity index (χ4v) is 5.47. The van der Waals surface area contributed by atoms with Crippen molar-refractivity contribution in [3.8, 4) is 34.8 Å². The smallest absolute Gasteiger partial charge is 0.277 e. The second kappa shape index (κ2) is 10.1. The number of amides is 1. The molecule has 11 heteroatoms. The van der Waals surface area contributed by atoms with Gasteiger partial charge in [-0.15, -0.1) is 21.5 Å². The number of carbonyl (C=O) groups excluding carboxylic acids is 1. The second-order valence-electron chi connectivity index (χ2n) is 7.15. The van der Waals surface area contributed by atoms with Gasteiger partial charge in [0.1, 0.15) is 11.1 Å². The molecule has 0 atom stereocenters. The minimum Gasteiger partial charge on any atom is -0.493 e. The van der Waals surface area contributed by atoms with Crippen LogP contribution in [-0.2, 0) is 17.6 Å². The zero-order chi connectivity index (χ0) is 23.4. The van der Waals surface area contributed by atoms with Gasteiger partial charge in [-0.3, -0.25) is 4.79 Å². The van der Waals surface area contributed by atoms with Crippen LogP contribution in [0.15, 0.2) is 21.8 Å². The van der Waals surface area contributed by atoms with Crippen molar-refractivity contribution in [3.05, 3.63) is 28.1 Å². The number of fused-ring (bicyclic) bond motifs is 1. The lowest BCUT2D eigenvalue weighted by Gasteiger charge is -2.12. The average molecular weight is 487 g/mol. The summed E-state index contributed by atoms with van der Waals surface area (Å²) in [6, 6.07) is 5.66. The van der Waals surface area contributed by atoms with E-state index in [1.54, 1.807) is 12.1 Å². The van der Waals surface area contributed by atoms with Gasteiger partial charge >= 0.3 is 0 Å². The first-order chi connectivity index (χ1) is 16.1. The van der Waals surface area contributed by atoms with E-state index in [1.165, 1.54) is 37.5 Å². The van der Waals surface area contributed by atoms with Crippen molar-refractivity contribution in [1.29, 1.82) is 5.26 Å². The third kappa shape index (κ3) is 4.77. The van der Waals surface area contributed by atoms with E-state index in [9.17, 15) is 10.1 Å². The molecule has 33 heavy (non-hydrogen) atoms. The Labute approximate surface area is 199 Å². The van der Waals surface area contributed by atoms with Crippen molar-refractivity contribution < 1.29 is 23.4 Å². The number of methoxy groups -OCH3 is 3. The van der Waals surface area contributed by atoms with E-state index in [4.69, 9.17) is 18.6 Å². The van der Waals surface area contributed by atoms with Gasteiger partial charge in [-0.25, -0.2) is 0 Å². The van der Waals surface area contributed by atoms with Gasteiger partial charge in [-0.2, -0.15) is 5.26 Å². The number of benzene rings is 1. The molecule has 1 aliphatic carbocycles. The number of hydrogen-bond donors (Lipinski definition) is 1. The Morgan fingerprint density at radius 1 is 1.18 bits per heavy atom. The number of aryl methyl sites for hydroxylation is 1. The Bertz CT molecular complexity index is 1190. The highest BCUT2D eigenvalue weighted by Gasteiger charge is 2.22. The molecule has 4 rings (SSSR count). The highest BCUT2D eigenvalue weighted by Crippen LogP contribution is 2.41. The third-order valence-corrected chi connectivity index (χ3v) is 7.21. The van der Waals surface area contributed by atoms with Crippen LogP contribution in [-0.4, -0.2) is 43.2 Å². The molecule has 3 aromatic rings. The van der Waals surface area contributed by atoms with Gasteiger partial charge in [0.2, 0.25) is 17.5 Å². The van der Waals surface area contributed by atoms with Crippen LogP contribution in [0.1, 0.15) is 28.8 Å². The normalized spacial score (nSPS) is 12.5. The monoisotopic (exact) mass is 486 g/mol. The van der Waals surface area contributed by atoms with Crippen LogP contribution in [0.5, 0.6) is 17.2 Å². The number of hydrogen-bond acceptors (Lipinski definition) is 10. The molecular weight excluding hydrogens is 464 g/mol. The fourth-order valence-electron chi connectivity index (χ4n) is 3.65. The van der Waals surface area contributed by atoms with E-state index in [0.29, 0.717) is 33.4 Å². The Kier molecular flexibility index (Phi) is 7.05. The molecular formula is C22H22N4O5S2. The molecule has 1 N–H and O–H groups in total. The van der Waals surface area contributed by atoms with Gasteiger partial charge < -0.3 is 23.9 Å². The maximum Gasteiger partial charge on any atom is 0.277 e. The predicted molar refractivity (Wildman–Crippen MR) is 124 cm³/mol. The lowest BCUT2D eigenvalue weighted by Crippen LogP contribution is -2.14. The summed E-state index contributed by atoms with van der Waals surface area (Å²) in [7, 11) is 4.57. The number of nitrogens with zero attached hydrogens (tertiary/aromatic N) is 3. The van der Waals surface area contributed by atoms with E-state index in [0.717, 1.165) is 43.0 Å². The average Bonchev–Trinajstić information content (AvgIpc) is 3.45. The van der Waals surface area contributed by atoms with Crippen molar-refractivity contribution >= 4 is 34.0 Å². The molecule has 9 nitrogen and oxygen atoms in total. The van der Waals surface area contributed by atoms with Gasteiger partial charge in [-0.1, -0.05) is 11.8 Å². The van der Waals surface area contributed by atoms with Crippen molar-refractivity contribution in [2.75, 3.05) is 32.4 Å². The Hall–Kier alpha value is -3.23. The molecule has 0 fully saturated rings.